The third-order valence-corrected chi connectivity index (χ3v) is 2.37. The fraction of sp³-hybridized carbons (Fsp3) is 0.333. The zero-order valence-electron chi connectivity index (χ0n) is 9.56. The second kappa shape index (κ2) is 6.65. The molecule has 2 amide bonds. The summed E-state index contributed by atoms with van der Waals surface area (Å²) in [6.45, 7) is -0.126. The van der Waals surface area contributed by atoms with Crippen molar-refractivity contribution in [3.05, 3.63) is 35.9 Å². The minimum Gasteiger partial charge on any atom is -0.368 e. The molecule has 1 aromatic carbocycles. The van der Waals surface area contributed by atoms with Crippen LogP contribution in [0.25, 0.3) is 0 Å². The third kappa shape index (κ3) is 5.12. The first-order valence-electron chi connectivity index (χ1n) is 5.45. The lowest BCUT2D eigenvalue weighted by molar-refractivity contribution is -0.124. The van der Waals surface area contributed by atoms with Crippen molar-refractivity contribution >= 4 is 11.8 Å². The van der Waals surface area contributed by atoms with E-state index in [-0.39, 0.29) is 24.9 Å². The second-order valence-electron chi connectivity index (χ2n) is 3.80. The molecule has 0 bridgehead atoms. The molecular weight excluding hydrogens is 218 g/mol. The Morgan fingerprint density at radius 1 is 1.24 bits per heavy atom. The van der Waals surface area contributed by atoms with Crippen molar-refractivity contribution in [1.82, 2.24) is 5.32 Å². The summed E-state index contributed by atoms with van der Waals surface area (Å²) in [5.74, 6) is -0.763. The van der Waals surface area contributed by atoms with E-state index >= 15 is 0 Å². The fourth-order valence-corrected chi connectivity index (χ4v) is 1.43. The maximum atomic E-state index is 11.3. The molecule has 1 rings (SSSR count). The summed E-state index contributed by atoms with van der Waals surface area (Å²) in [5, 5.41) is 2.42. The molecule has 92 valence electrons. The van der Waals surface area contributed by atoms with Crippen molar-refractivity contribution in [1.29, 1.82) is 0 Å². The summed E-state index contributed by atoms with van der Waals surface area (Å²) in [7, 11) is 0. The number of primary amides is 1. The van der Waals surface area contributed by atoms with Gasteiger partial charge in [0.25, 0.3) is 0 Å². The van der Waals surface area contributed by atoms with Gasteiger partial charge in [-0.3, -0.25) is 9.59 Å². The number of nitrogens with two attached hydrogens (primary N) is 2. The number of rotatable bonds is 6. The highest BCUT2D eigenvalue weighted by molar-refractivity contribution is 5.83. The maximum absolute atomic E-state index is 11.3. The lowest BCUT2D eigenvalue weighted by Gasteiger charge is -2.11. The molecular formula is C12H17N3O2. The number of amides is 2. The first-order valence-corrected chi connectivity index (χ1v) is 5.45. The minimum atomic E-state index is -0.550. The molecule has 5 N–H and O–H groups in total. The molecule has 0 radical (unpaired) electrons. The van der Waals surface area contributed by atoms with Gasteiger partial charge < -0.3 is 16.8 Å². The molecule has 0 aliphatic rings. The smallest absolute Gasteiger partial charge is 0.236 e. The summed E-state index contributed by atoms with van der Waals surface area (Å²) < 4.78 is 0. The Balaban J connectivity index is 2.31. The van der Waals surface area contributed by atoms with Crippen molar-refractivity contribution in [3.8, 4) is 0 Å². The van der Waals surface area contributed by atoms with Gasteiger partial charge in [0, 0.05) is 12.5 Å². The first-order chi connectivity index (χ1) is 8.09. The molecule has 1 aromatic rings. The van der Waals surface area contributed by atoms with Gasteiger partial charge in [0.1, 0.15) is 0 Å². The van der Waals surface area contributed by atoms with Gasteiger partial charge in [0.05, 0.1) is 6.54 Å². The van der Waals surface area contributed by atoms with Crippen LogP contribution in [0, 0.1) is 0 Å². The number of hydrogen-bond acceptors (Lipinski definition) is 3. The molecule has 0 fully saturated rings. The molecule has 1 atom stereocenters. The molecule has 1 unspecified atom stereocenters. The monoisotopic (exact) mass is 235 g/mol. The van der Waals surface area contributed by atoms with E-state index < -0.39 is 5.91 Å². The van der Waals surface area contributed by atoms with E-state index in [9.17, 15) is 9.59 Å². The number of hydrogen-bond donors (Lipinski definition) is 3. The molecule has 0 aliphatic heterocycles. The van der Waals surface area contributed by atoms with Crippen LogP contribution in [0.4, 0.5) is 0 Å². The summed E-state index contributed by atoms with van der Waals surface area (Å²) in [5.41, 5.74) is 11.8. The van der Waals surface area contributed by atoms with E-state index in [2.05, 4.69) is 5.32 Å². The van der Waals surface area contributed by atoms with Gasteiger partial charge in [-0.25, -0.2) is 0 Å². The maximum Gasteiger partial charge on any atom is 0.236 e. The zero-order chi connectivity index (χ0) is 12.7. The zero-order valence-corrected chi connectivity index (χ0v) is 9.56. The Labute approximate surface area is 100 Å². The van der Waals surface area contributed by atoms with Gasteiger partial charge in [-0.15, -0.1) is 0 Å². The van der Waals surface area contributed by atoms with Crippen molar-refractivity contribution in [2.75, 3.05) is 6.54 Å². The van der Waals surface area contributed by atoms with Crippen molar-refractivity contribution in [2.45, 2.75) is 18.9 Å². The first kappa shape index (κ1) is 13.2. The van der Waals surface area contributed by atoms with E-state index in [0.717, 1.165) is 5.56 Å². The molecule has 0 saturated carbocycles. The van der Waals surface area contributed by atoms with Gasteiger partial charge in [-0.1, -0.05) is 30.3 Å². The minimum absolute atomic E-state index is 0.126. The predicted octanol–water partition coefficient (Wildman–Crippen LogP) is 0.0681. The van der Waals surface area contributed by atoms with Gasteiger partial charge in [0.2, 0.25) is 11.8 Å². The van der Waals surface area contributed by atoms with Crippen LogP contribution in [0.5, 0.6) is 0 Å². The Morgan fingerprint density at radius 3 is 2.47 bits per heavy atom. The Hall–Kier alpha value is -1.88. The van der Waals surface area contributed by atoms with Crippen LogP contribution in [0.15, 0.2) is 30.3 Å². The number of nitrogens with one attached hydrogen (secondary N) is 1. The van der Waals surface area contributed by atoms with Crippen LogP contribution >= 0.6 is 0 Å². The molecule has 0 spiro atoms. The number of carbonyl (C=O) groups excluding carboxylic acids is 2. The van der Waals surface area contributed by atoms with Crippen LogP contribution in [0.3, 0.4) is 0 Å². The highest BCUT2D eigenvalue weighted by atomic mass is 16.2. The molecule has 0 aromatic heterocycles. The average molecular weight is 235 g/mol. The molecule has 0 saturated heterocycles. The highest BCUT2D eigenvalue weighted by Gasteiger charge is 2.09. The van der Waals surface area contributed by atoms with E-state index in [1.807, 2.05) is 30.3 Å². The molecule has 5 nitrogen and oxygen atoms in total. The highest BCUT2D eigenvalue weighted by Crippen LogP contribution is 2.14. The van der Waals surface area contributed by atoms with E-state index in [1.54, 1.807) is 0 Å². The molecule has 0 aliphatic carbocycles. The average Bonchev–Trinajstić information content (AvgIpc) is 2.34. The van der Waals surface area contributed by atoms with Crippen LogP contribution < -0.4 is 16.8 Å². The lowest BCUT2D eigenvalue weighted by Crippen LogP contribution is -2.33. The summed E-state index contributed by atoms with van der Waals surface area (Å²) >= 11 is 0. The second-order valence-corrected chi connectivity index (χ2v) is 3.80. The Kier molecular flexibility index (Phi) is 5.16. The largest absolute Gasteiger partial charge is 0.368 e. The molecule has 5 heteroatoms. The molecule has 0 heterocycles. The lowest BCUT2D eigenvalue weighted by atomic mass is 10.0. The van der Waals surface area contributed by atoms with Crippen molar-refractivity contribution in [2.24, 2.45) is 11.5 Å². The van der Waals surface area contributed by atoms with E-state index in [0.29, 0.717) is 6.42 Å². The van der Waals surface area contributed by atoms with Crippen LogP contribution in [-0.2, 0) is 9.59 Å². The summed E-state index contributed by atoms with van der Waals surface area (Å²) in [6, 6.07) is 9.40. The van der Waals surface area contributed by atoms with E-state index in [4.69, 9.17) is 11.5 Å². The number of benzene rings is 1. The van der Waals surface area contributed by atoms with Gasteiger partial charge in [-0.2, -0.15) is 0 Å². The fourth-order valence-electron chi connectivity index (χ4n) is 1.43. The standard InChI is InChI=1S/C12H17N3O2/c13-10(9-4-2-1-3-5-9)6-7-12(17)15-8-11(14)16/h1-5,10H,6-8,13H2,(H2,14,16)(H,15,17). The predicted molar refractivity (Wildman–Crippen MR) is 64.8 cm³/mol. The van der Waals surface area contributed by atoms with Crippen molar-refractivity contribution in [3.63, 3.8) is 0 Å². The van der Waals surface area contributed by atoms with Gasteiger partial charge in [-0.05, 0) is 12.0 Å². The summed E-state index contributed by atoms with van der Waals surface area (Å²) in [4.78, 5) is 21.8. The Morgan fingerprint density at radius 2 is 1.88 bits per heavy atom. The van der Waals surface area contributed by atoms with Crippen LogP contribution in [-0.4, -0.2) is 18.4 Å². The SMILES string of the molecule is NC(=O)CNC(=O)CCC(N)c1ccccc1. The Bertz CT molecular complexity index is 379. The van der Waals surface area contributed by atoms with Crippen LogP contribution in [0.1, 0.15) is 24.4 Å². The van der Waals surface area contributed by atoms with Crippen molar-refractivity contribution < 1.29 is 9.59 Å². The molecule has 17 heavy (non-hydrogen) atoms. The van der Waals surface area contributed by atoms with E-state index in [1.165, 1.54) is 0 Å². The topological polar surface area (TPSA) is 98.2 Å². The third-order valence-electron chi connectivity index (χ3n) is 2.37. The number of carbonyl (C=O) groups is 2. The quantitative estimate of drug-likeness (QED) is 0.650. The normalized spacial score (nSPS) is 11.8. The van der Waals surface area contributed by atoms with Crippen LogP contribution in [0.2, 0.25) is 0 Å². The van der Waals surface area contributed by atoms with Gasteiger partial charge >= 0.3 is 0 Å². The summed E-state index contributed by atoms with van der Waals surface area (Å²) in [6.07, 6.45) is 0.817. The van der Waals surface area contributed by atoms with Gasteiger partial charge in [0.15, 0.2) is 0 Å².